The molecule has 0 bridgehead atoms. The molecule has 180 valence electrons. The molecule has 8 nitrogen and oxygen atoms in total. The fraction of sp³-hybridized carbons (Fsp3) is 0.250. The Morgan fingerprint density at radius 1 is 1.21 bits per heavy atom. The van der Waals surface area contributed by atoms with Gasteiger partial charge in [-0.25, -0.2) is 26.9 Å². The molecule has 0 saturated carbocycles. The summed E-state index contributed by atoms with van der Waals surface area (Å²) in [5.41, 5.74) is 0.370. The zero-order chi connectivity index (χ0) is 25.3. The topological polar surface area (TPSA) is 94.5 Å². The highest BCUT2D eigenvalue weighted by Crippen LogP contribution is 2.29. The summed E-state index contributed by atoms with van der Waals surface area (Å²) < 4.78 is 58.3. The number of nitrogens with zero attached hydrogens (tertiary/aromatic N) is 2. The summed E-state index contributed by atoms with van der Waals surface area (Å²) in [4.78, 5) is 15.3. The van der Waals surface area contributed by atoms with E-state index in [1.165, 1.54) is 39.5 Å². The molecule has 0 aliphatic carbocycles. The van der Waals surface area contributed by atoms with Crippen LogP contribution in [-0.4, -0.2) is 45.4 Å². The number of aliphatic imine (C=N–C) groups is 1. The molecule has 0 saturated heterocycles. The molecule has 0 amide bonds. The van der Waals surface area contributed by atoms with Gasteiger partial charge < -0.3 is 14.2 Å². The van der Waals surface area contributed by atoms with Crippen LogP contribution in [0.4, 0.5) is 4.39 Å². The fourth-order valence-electron chi connectivity index (χ4n) is 2.93. The van der Waals surface area contributed by atoms with E-state index in [4.69, 9.17) is 20.6 Å². The van der Waals surface area contributed by atoms with Crippen LogP contribution in [0.3, 0.4) is 0 Å². The molecule has 10 heteroatoms. The van der Waals surface area contributed by atoms with Gasteiger partial charge in [-0.15, -0.1) is 6.42 Å². The molecular weight excluding hydrogens is 463 g/mol. The van der Waals surface area contributed by atoms with Gasteiger partial charge in [0.05, 0.1) is 32.9 Å². The normalized spacial score (nSPS) is 11.7. The molecule has 2 rings (SSSR count). The van der Waals surface area contributed by atoms with Gasteiger partial charge in [0.15, 0.2) is 0 Å². The quantitative estimate of drug-likeness (QED) is 0.231. The fourth-order valence-corrected chi connectivity index (χ4v) is 4.42. The SMILES string of the molecule is C#C/C=C\N=C(C)N(Cc1ccc(OC)cc1OC)S(=O)(=O)c1ccc(C(=O)OCC)cc1F. The average molecular weight is 489 g/mol. The second-order valence-corrected chi connectivity index (χ2v) is 8.54. The Balaban J connectivity index is 2.59. The molecule has 0 spiro atoms. The number of esters is 1. The van der Waals surface area contributed by atoms with Crippen LogP contribution < -0.4 is 9.47 Å². The van der Waals surface area contributed by atoms with Crippen LogP contribution in [0.5, 0.6) is 11.5 Å². The molecule has 0 aromatic heterocycles. The van der Waals surface area contributed by atoms with Crippen molar-refractivity contribution >= 4 is 21.8 Å². The van der Waals surface area contributed by atoms with Crippen molar-refractivity contribution < 1.29 is 31.8 Å². The molecule has 0 N–H and O–H groups in total. The van der Waals surface area contributed by atoms with E-state index >= 15 is 0 Å². The first-order chi connectivity index (χ1) is 16.2. The van der Waals surface area contributed by atoms with E-state index in [-0.39, 0.29) is 24.6 Å². The minimum atomic E-state index is -4.46. The van der Waals surface area contributed by atoms with Gasteiger partial charge in [-0.1, -0.05) is 5.92 Å². The van der Waals surface area contributed by atoms with Crippen LogP contribution in [-0.2, 0) is 21.3 Å². The summed E-state index contributed by atoms with van der Waals surface area (Å²) >= 11 is 0. The number of sulfonamides is 1. The molecule has 0 aliphatic rings. The second kappa shape index (κ2) is 11.9. The highest BCUT2D eigenvalue weighted by atomic mass is 32.2. The van der Waals surface area contributed by atoms with Crippen molar-refractivity contribution in [2.45, 2.75) is 25.3 Å². The third kappa shape index (κ3) is 6.14. The Labute approximate surface area is 198 Å². The lowest BCUT2D eigenvalue weighted by molar-refractivity contribution is 0.0525. The maximum absolute atomic E-state index is 14.9. The highest BCUT2D eigenvalue weighted by molar-refractivity contribution is 7.89. The second-order valence-electron chi connectivity index (χ2n) is 6.71. The lowest BCUT2D eigenvalue weighted by atomic mass is 10.2. The van der Waals surface area contributed by atoms with Crippen molar-refractivity contribution in [2.75, 3.05) is 20.8 Å². The Bertz CT molecular complexity index is 1250. The molecule has 0 atom stereocenters. The van der Waals surface area contributed by atoms with Gasteiger partial charge in [0.25, 0.3) is 10.0 Å². The summed E-state index contributed by atoms with van der Waals surface area (Å²) in [6, 6.07) is 7.89. The molecule has 0 fully saturated rings. The zero-order valence-corrected chi connectivity index (χ0v) is 20.1. The lowest BCUT2D eigenvalue weighted by Gasteiger charge is -2.25. The number of allylic oxidation sites excluding steroid dienone is 1. The smallest absolute Gasteiger partial charge is 0.338 e. The van der Waals surface area contributed by atoms with Crippen molar-refractivity contribution in [2.24, 2.45) is 4.99 Å². The predicted octanol–water partition coefficient (Wildman–Crippen LogP) is 3.78. The summed E-state index contributed by atoms with van der Waals surface area (Å²) in [6.07, 6.45) is 7.72. The highest BCUT2D eigenvalue weighted by Gasteiger charge is 2.30. The van der Waals surface area contributed by atoms with E-state index in [1.54, 1.807) is 25.1 Å². The number of rotatable bonds is 9. The van der Waals surface area contributed by atoms with Gasteiger partial charge in [-0.3, -0.25) is 0 Å². The van der Waals surface area contributed by atoms with Crippen LogP contribution in [0.15, 0.2) is 58.6 Å². The van der Waals surface area contributed by atoms with Crippen LogP contribution in [0.1, 0.15) is 29.8 Å². The largest absolute Gasteiger partial charge is 0.497 e. The molecule has 0 aliphatic heterocycles. The minimum Gasteiger partial charge on any atom is -0.497 e. The number of benzene rings is 2. The van der Waals surface area contributed by atoms with E-state index in [0.29, 0.717) is 17.1 Å². The average Bonchev–Trinajstić information content (AvgIpc) is 2.82. The van der Waals surface area contributed by atoms with Crippen LogP contribution in [0, 0.1) is 18.2 Å². The lowest BCUT2D eigenvalue weighted by Crippen LogP contribution is -2.35. The monoisotopic (exact) mass is 488 g/mol. The predicted molar refractivity (Wildman–Crippen MR) is 126 cm³/mol. The number of carbonyl (C=O) groups is 1. The maximum atomic E-state index is 14.9. The molecule has 0 radical (unpaired) electrons. The van der Waals surface area contributed by atoms with Crippen molar-refractivity contribution in [3.63, 3.8) is 0 Å². The standard InChI is InChI=1S/C24H25FN2O6S/c1-6-8-13-26-17(3)27(16-19-9-11-20(31-4)15-22(19)32-5)34(29,30)23-12-10-18(14-21(23)25)24(28)33-7-2/h1,8-15H,7,16H2,2-5H3/b13-8-,26-17?. The van der Waals surface area contributed by atoms with Crippen LogP contribution in [0.2, 0.25) is 0 Å². The van der Waals surface area contributed by atoms with Crippen LogP contribution in [0.25, 0.3) is 0 Å². The van der Waals surface area contributed by atoms with Gasteiger partial charge in [0.2, 0.25) is 0 Å². The number of halogens is 1. The molecule has 34 heavy (non-hydrogen) atoms. The number of methoxy groups -OCH3 is 2. The Morgan fingerprint density at radius 2 is 1.94 bits per heavy atom. The first kappa shape index (κ1) is 26.4. The molecular formula is C24H25FN2O6S. The van der Waals surface area contributed by atoms with Crippen molar-refractivity contribution in [1.29, 1.82) is 0 Å². The van der Waals surface area contributed by atoms with Crippen molar-refractivity contribution in [1.82, 2.24) is 4.31 Å². The van der Waals surface area contributed by atoms with Gasteiger partial charge in [-0.05, 0) is 44.2 Å². The number of hydrogen-bond donors (Lipinski definition) is 0. The number of hydrogen-bond acceptors (Lipinski definition) is 7. The molecule has 0 heterocycles. The first-order valence-electron chi connectivity index (χ1n) is 10.0. The third-order valence-corrected chi connectivity index (χ3v) is 6.47. The van der Waals surface area contributed by atoms with Gasteiger partial charge >= 0.3 is 5.97 Å². The molecule has 2 aromatic rings. The Morgan fingerprint density at radius 3 is 2.53 bits per heavy atom. The van der Waals surface area contributed by atoms with E-state index in [9.17, 15) is 17.6 Å². The summed E-state index contributed by atoms with van der Waals surface area (Å²) in [5, 5.41) is 0. The maximum Gasteiger partial charge on any atom is 0.338 e. The van der Waals surface area contributed by atoms with E-state index in [1.807, 2.05) is 0 Å². The van der Waals surface area contributed by atoms with Gasteiger partial charge in [-0.2, -0.15) is 0 Å². The summed E-state index contributed by atoms with van der Waals surface area (Å²) in [6.45, 7) is 2.92. The van der Waals surface area contributed by atoms with Gasteiger partial charge in [0, 0.05) is 23.9 Å². The minimum absolute atomic E-state index is 0.0261. The number of terminal acetylenes is 1. The van der Waals surface area contributed by atoms with E-state index < -0.39 is 26.7 Å². The molecule has 0 unspecified atom stereocenters. The Hall–Kier alpha value is -3.84. The van der Waals surface area contributed by atoms with E-state index in [2.05, 4.69) is 10.9 Å². The zero-order valence-electron chi connectivity index (χ0n) is 19.2. The Kier molecular flexibility index (Phi) is 9.21. The van der Waals surface area contributed by atoms with Gasteiger partial charge in [0.1, 0.15) is 28.0 Å². The van der Waals surface area contributed by atoms with Crippen LogP contribution >= 0.6 is 0 Å². The summed E-state index contributed by atoms with van der Waals surface area (Å²) in [5.74, 6) is 1.29. The summed E-state index contributed by atoms with van der Waals surface area (Å²) in [7, 11) is -1.54. The number of amidine groups is 1. The van der Waals surface area contributed by atoms with Crippen molar-refractivity contribution in [3.05, 3.63) is 65.6 Å². The number of ether oxygens (including phenoxy) is 3. The molecule has 2 aromatic carbocycles. The number of carbonyl (C=O) groups excluding carboxylic acids is 1. The first-order valence-corrected chi connectivity index (χ1v) is 11.5. The third-order valence-electron chi connectivity index (χ3n) is 4.61. The van der Waals surface area contributed by atoms with E-state index in [0.717, 1.165) is 16.4 Å². The van der Waals surface area contributed by atoms with Crippen molar-refractivity contribution in [3.8, 4) is 23.8 Å².